The smallest absolute Gasteiger partial charge is 0.157 e. The van der Waals surface area contributed by atoms with Crippen LogP contribution in [-0.4, -0.2) is 26.0 Å². The van der Waals surface area contributed by atoms with Gasteiger partial charge in [-0.3, -0.25) is 0 Å². The quantitative estimate of drug-likeness (QED) is 0.433. The van der Waals surface area contributed by atoms with E-state index in [1.54, 1.807) is 0 Å². The van der Waals surface area contributed by atoms with Gasteiger partial charge in [0, 0.05) is 18.1 Å². The summed E-state index contributed by atoms with van der Waals surface area (Å²) in [5.74, 6) is 0. The first-order chi connectivity index (χ1) is 9.88. The van der Waals surface area contributed by atoms with Gasteiger partial charge in [0.05, 0.1) is 6.61 Å². The molecule has 1 aliphatic heterocycles. The molecular weight excluding hydrogens is 254 g/mol. The number of nitrogens with zero attached hydrogens (tertiary/aromatic N) is 3. The molecule has 0 radical (unpaired) electrons. The van der Waals surface area contributed by atoms with E-state index in [9.17, 15) is 0 Å². The fraction of sp³-hybridized carbons (Fsp3) is 0.600. The lowest BCUT2D eigenvalue weighted by Crippen LogP contribution is -2.23. The summed E-state index contributed by atoms with van der Waals surface area (Å²) < 4.78 is 11.2. The van der Waals surface area contributed by atoms with Gasteiger partial charge in [-0.25, -0.2) is 0 Å². The molecule has 2 rings (SSSR count). The van der Waals surface area contributed by atoms with Crippen molar-refractivity contribution in [3.63, 3.8) is 0 Å². The van der Waals surface area contributed by atoms with Crippen LogP contribution in [0, 0.1) is 0 Å². The van der Waals surface area contributed by atoms with E-state index in [0.29, 0.717) is 13.2 Å². The summed E-state index contributed by atoms with van der Waals surface area (Å²) in [5, 5.41) is 3.54. The molecule has 0 bridgehead atoms. The summed E-state index contributed by atoms with van der Waals surface area (Å²) in [6.07, 6.45) is 5.04. The Bertz CT molecular complexity index is 435. The fourth-order valence-corrected chi connectivity index (χ4v) is 2.25. The molecule has 1 unspecified atom stereocenters. The molecule has 0 N–H and O–H groups in total. The van der Waals surface area contributed by atoms with E-state index in [-0.39, 0.29) is 6.29 Å². The summed E-state index contributed by atoms with van der Waals surface area (Å²) in [4.78, 5) is 2.75. The zero-order chi connectivity index (χ0) is 14.0. The maximum absolute atomic E-state index is 8.23. The van der Waals surface area contributed by atoms with Gasteiger partial charge in [0.25, 0.3) is 0 Å². The van der Waals surface area contributed by atoms with Crippen molar-refractivity contribution < 1.29 is 9.47 Å². The predicted octanol–water partition coefficient (Wildman–Crippen LogP) is 3.63. The molecule has 1 fully saturated rings. The molecule has 0 spiro atoms. The molecular formula is C15H21N3O2. The van der Waals surface area contributed by atoms with E-state index in [1.807, 2.05) is 0 Å². The number of hydrogen-bond acceptors (Lipinski definition) is 3. The van der Waals surface area contributed by atoms with Gasteiger partial charge in [-0.15, -0.1) is 0 Å². The third-order valence-electron chi connectivity index (χ3n) is 3.42. The molecule has 0 aromatic heterocycles. The van der Waals surface area contributed by atoms with Crippen molar-refractivity contribution in [2.24, 2.45) is 5.11 Å². The number of rotatable bonds is 7. The number of benzene rings is 1. The lowest BCUT2D eigenvalue weighted by atomic mass is 10.1. The summed E-state index contributed by atoms with van der Waals surface area (Å²) in [6, 6.07) is 8.38. The van der Waals surface area contributed by atoms with Gasteiger partial charge in [-0.1, -0.05) is 29.4 Å². The van der Waals surface area contributed by atoms with Crippen LogP contribution in [0.15, 0.2) is 29.4 Å². The summed E-state index contributed by atoms with van der Waals surface area (Å²) in [5.41, 5.74) is 10.7. The van der Waals surface area contributed by atoms with E-state index in [4.69, 9.17) is 15.0 Å². The van der Waals surface area contributed by atoms with Crippen LogP contribution in [0.1, 0.15) is 30.4 Å². The van der Waals surface area contributed by atoms with Crippen LogP contribution in [0.25, 0.3) is 10.4 Å². The molecule has 1 heterocycles. The van der Waals surface area contributed by atoms with Crippen LogP contribution in [0.2, 0.25) is 0 Å². The Balaban J connectivity index is 1.68. The summed E-state index contributed by atoms with van der Waals surface area (Å²) in [7, 11) is 0. The molecule has 1 aliphatic rings. The minimum atomic E-state index is -0.00753. The minimum Gasteiger partial charge on any atom is -0.353 e. The Morgan fingerprint density at radius 1 is 1.20 bits per heavy atom. The first-order valence-electron chi connectivity index (χ1n) is 7.20. The molecule has 0 saturated carbocycles. The lowest BCUT2D eigenvalue weighted by molar-refractivity contribution is -0.161. The molecule has 1 aromatic carbocycles. The van der Waals surface area contributed by atoms with Gasteiger partial charge in [0.1, 0.15) is 0 Å². The minimum absolute atomic E-state index is 0.00753. The Morgan fingerprint density at radius 3 is 2.60 bits per heavy atom. The van der Waals surface area contributed by atoms with Crippen molar-refractivity contribution in [1.82, 2.24) is 0 Å². The lowest BCUT2D eigenvalue weighted by Gasteiger charge is -2.22. The van der Waals surface area contributed by atoms with Crippen molar-refractivity contribution in [2.75, 3.05) is 19.8 Å². The second kappa shape index (κ2) is 8.59. The highest BCUT2D eigenvalue weighted by atomic mass is 16.7. The molecule has 5 heteroatoms. The van der Waals surface area contributed by atoms with Gasteiger partial charge in [0.2, 0.25) is 0 Å². The van der Waals surface area contributed by atoms with Gasteiger partial charge < -0.3 is 9.47 Å². The zero-order valence-corrected chi connectivity index (χ0v) is 11.7. The Labute approximate surface area is 119 Å². The number of hydrogen-bond donors (Lipinski definition) is 0. The normalized spacial score (nSPS) is 18.5. The van der Waals surface area contributed by atoms with Gasteiger partial charge in [0.15, 0.2) is 6.29 Å². The highest BCUT2D eigenvalue weighted by molar-refractivity contribution is 5.22. The maximum Gasteiger partial charge on any atom is 0.157 e. The van der Waals surface area contributed by atoms with E-state index in [1.165, 1.54) is 17.5 Å². The molecule has 20 heavy (non-hydrogen) atoms. The molecule has 1 aromatic rings. The maximum atomic E-state index is 8.23. The molecule has 0 amide bonds. The van der Waals surface area contributed by atoms with Crippen LogP contribution in [-0.2, 0) is 22.3 Å². The Hall–Kier alpha value is -1.55. The van der Waals surface area contributed by atoms with Gasteiger partial charge in [-0.2, -0.15) is 0 Å². The molecule has 1 saturated heterocycles. The highest BCUT2D eigenvalue weighted by Crippen LogP contribution is 2.14. The molecule has 5 nitrogen and oxygen atoms in total. The highest BCUT2D eigenvalue weighted by Gasteiger charge is 2.13. The van der Waals surface area contributed by atoms with Gasteiger partial charge >= 0.3 is 0 Å². The van der Waals surface area contributed by atoms with Crippen molar-refractivity contribution >= 4 is 0 Å². The number of ether oxygens (including phenoxy) is 2. The number of azide groups is 1. The second-order valence-electron chi connectivity index (χ2n) is 4.94. The predicted molar refractivity (Wildman–Crippen MR) is 77.4 cm³/mol. The van der Waals surface area contributed by atoms with Crippen molar-refractivity contribution in [1.29, 1.82) is 0 Å². The molecule has 1 atom stereocenters. The van der Waals surface area contributed by atoms with Crippen LogP contribution in [0.5, 0.6) is 0 Å². The fourth-order valence-electron chi connectivity index (χ4n) is 2.25. The SMILES string of the molecule is [N-]=[N+]=NCCc1ccc(CCOC2CCCCO2)cc1. The van der Waals surface area contributed by atoms with Crippen molar-refractivity contribution in [3.8, 4) is 0 Å². The monoisotopic (exact) mass is 275 g/mol. The van der Waals surface area contributed by atoms with Crippen molar-refractivity contribution in [2.45, 2.75) is 38.4 Å². The standard InChI is InChI=1S/C15H21N3O2/c16-18-17-10-8-13-4-6-14(7-5-13)9-12-20-15-3-1-2-11-19-15/h4-7,15H,1-3,8-12H2. The third-order valence-corrected chi connectivity index (χ3v) is 3.42. The molecule has 0 aliphatic carbocycles. The van der Waals surface area contributed by atoms with Crippen LogP contribution < -0.4 is 0 Å². The largest absolute Gasteiger partial charge is 0.353 e. The first-order valence-corrected chi connectivity index (χ1v) is 7.20. The third kappa shape index (κ3) is 5.21. The topological polar surface area (TPSA) is 67.2 Å². The van der Waals surface area contributed by atoms with Crippen LogP contribution in [0.3, 0.4) is 0 Å². The average molecular weight is 275 g/mol. The van der Waals surface area contributed by atoms with Gasteiger partial charge in [-0.05, 0) is 48.8 Å². The van der Waals surface area contributed by atoms with E-state index < -0.39 is 0 Å². The molecule has 108 valence electrons. The average Bonchev–Trinajstić information content (AvgIpc) is 2.50. The second-order valence-corrected chi connectivity index (χ2v) is 4.94. The van der Waals surface area contributed by atoms with Crippen molar-refractivity contribution in [3.05, 3.63) is 45.8 Å². The van der Waals surface area contributed by atoms with E-state index >= 15 is 0 Å². The van der Waals surface area contributed by atoms with E-state index in [2.05, 4.69) is 34.3 Å². The first kappa shape index (κ1) is 14.9. The van der Waals surface area contributed by atoms with E-state index in [0.717, 1.165) is 32.3 Å². The summed E-state index contributed by atoms with van der Waals surface area (Å²) in [6.45, 7) is 2.03. The van der Waals surface area contributed by atoms with Crippen LogP contribution in [0.4, 0.5) is 0 Å². The zero-order valence-electron chi connectivity index (χ0n) is 11.7. The van der Waals surface area contributed by atoms with Crippen LogP contribution >= 0.6 is 0 Å². The summed E-state index contributed by atoms with van der Waals surface area (Å²) >= 11 is 0. The Morgan fingerprint density at radius 2 is 1.95 bits per heavy atom. The Kier molecular flexibility index (Phi) is 6.38.